The SMILES string of the molecule is C1CCCCC1.CCCC(=O)O.[Co]. The van der Waals surface area contributed by atoms with Gasteiger partial charge in [-0.2, -0.15) is 0 Å². The van der Waals surface area contributed by atoms with Gasteiger partial charge in [0.05, 0.1) is 0 Å². The normalized spacial score (nSPS) is 14.8. The number of carbonyl (C=O) groups is 1. The first-order chi connectivity index (χ1) is 5.77. The van der Waals surface area contributed by atoms with Crippen LogP contribution in [0.1, 0.15) is 58.3 Å². The van der Waals surface area contributed by atoms with Gasteiger partial charge in [-0.3, -0.25) is 4.79 Å². The largest absolute Gasteiger partial charge is 0.481 e. The third-order valence-corrected chi connectivity index (χ3v) is 1.96. The van der Waals surface area contributed by atoms with Gasteiger partial charge in [0.1, 0.15) is 0 Å². The van der Waals surface area contributed by atoms with Gasteiger partial charge in [0, 0.05) is 23.2 Å². The molecule has 1 radical (unpaired) electrons. The van der Waals surface area contributed by atoms with Crippen LogP contribution in [0, 0.1) is 0 Å². The third-order valence-electron chi connectivity index (χ3n) is 1.96. The van der Waals surface area contributed by atoms with Crippen LogP contribution in [0.2, 0.25) is 0 Å². The number of carboxylic acids is 1. The first-order valence-corrected chi connectivity index (χ1v) is 4.99. The number of rotatable bonds is 2. The Bertz CT molecular complexity index is 100.0. The first kappa shape index (κ1) is 15.4. The second kappa shape index (κ2) is 12.0. The third kappa shape index (κ3) is 14.8. The van der Waals surface area contributed by atoms with Crippen molar-refractivity contribution in [3.8, 4) is 0 Å². The van der Waals surface area contributed by atoms with Crippen LogP contribution in [-0.4, -0.2) is 11.1 Å². The molecule has 1 fully saturated rings. The van der Waals surface area contributed by atoms with Crippen molar-refractivity contribution in [2.45, 2.75) is 58.3 Å². The summed E-state index contributed by atoms with van der Waals surface area (Å²) in [6.45, 7) is 1.84. The van der Waals surface area contributed by atoms with Crippen LogP contribution in [0.3, 0.4) is 0 Å². The van der Waals surface area contributed by atoms with E-state index in [0.29, 0.717) is 6.42 Å². The smallest absolute Gasteiger partial charge is 0.303 e. The van der Waals surface area contributed by atoms with E-state index in [9.17, 15) is 4.79 Å². The maximum atomic E-state index is 9.60. The fourth-order valence-electron chi connectivity index (χ4n) is 1.27. The molecule has 0 saturated heterocycles. The summed E-state index contributed by atoms with van der Waals surface area (Å²) in [5, 5.41) is 7.91. The second-order valence-corrected chi connectivity index (χ2v) is 3.27. The van der Waals surface area contributed by atoms with E-state index < -0.39 is 5.97 Å². The van der Waals surface area contributed by atoms with E-state index in [4.69, 9.17) is 5.11 Å². The van der Waals surface area contributed by atoms with Crippen LogP contribution in [0.15, 0.2) is 0 Å². The number of carboxylic acid groups (broad SMARTS) is 1. The quantitative estimate of drug-likeness (QED) is 0.792. The Kier molecular flexibility index (Phi) is 14.2. The van der Waals surface area contributed by atoms with E-state index in [1.54, 1.807) is 0 Å². The molecule has 0 unspecified atom stereocenters. The predicted molar refractivity (Wildman–Crippen MR) is 50.2 cm³/mol. The molecule has 0 aliphatic heterocycles. The van der Waals surface area contributed by atoms with Crippen LogP contribution in [-0.2, 0) is 21.6 Å². The molecule has 1 aliphatic carbocycles. The Hall–Kier alpha value is -0.0235. The minimum Gasteiger partial charge on any atom is -0.481 e. The van der Waals surface area contributed by atoms with E-state index in [1.807, 2.05) is 6.92 Å². The van der Waals surface area contributed by atoms with Crippen molar-refractivity contribution in [3.63, 3.8) is 0 Å². The fourth-order valence-corrected chi connectivity index (χ4v) is 1.27. The van der Waals surface area contributed by atoms with Crippen molar-refractivity contribution in [1.29, 1.82) is 0 Å². The monoisotopic (exact) mass is 231 g/mol. The van der Waals surface area contributed by atoms with E-state index in [2.05, 4.69) is 0 Å². The van der Waals surface area contributed by atoms with Gasteiger partial charge in [-0.25, -0.2) is 0 Å². The van der Waals surface area contributed by atoms with Crippen LogP contribution < -0.4 is 0 Å². The number of hydrogen-bond donors (Lipinski definition) is 1. The molecule has 1 aliphatic rings. The molecule has 0 atom stereocenters. The van der Waals surface area contributed by atoms with Gasteiger partial charge in [-0.05, 0) is 6.42 Å². The Labute approximate surface area is 91.3 Å². The average Bonchev–Trinajstić information content (AvgIpc) is 2.08. The fraction of sp³-hybridized carbons (Fsp3) is 0.900. The van der Waals surface area contributed by atoms with E-state index >= 15 is 0 Å². The summed E-state index contributed by atoms with van der Waals surface area (Å²) in [4.78, 5) is 9.60. The van der Waals surface area contributed by atoms with Gasteiger partial charge in [-0.15, -0.1) is 0 Å². The van der Waals surface area contributed by atoms with Crippen LogP contribution in [0.5, 0.6) is 0 Å². The summed E-state index contributed by atoms with van der Waals surface area (Å²) in [6.07, 6.45) is 10.0. The van der Waals surface area contributed by atoms with Crippen molar-refractivity contribution in [2.24, 2.45) is 0 Å². The molecular formula is C10H20CoO2. The molecule has 13 heavy (non-hydrogen) atoms. The standard InChI is InChI=1S/C6H12.C4H8O2.Co/c1-2-4-6-5-3-1;1-2-3-4(5)6;/h1-6H2;2-3H2,1H3,(H,5,6);. The van der Waals surface area contributed by atoms with Crippen molar-refractivity contribution >= 4 is 5.97 Å². The molecule has 0 aromatic rings. The Morgan fingerprint density at radius 1 is 1.08 bits per heavy atom. The number of hydrogen-bond acceptors (Lipinski definition) is 1. The molecule has 0 bridgehead atoms. The van der Waals surface area contributed by atoms with Gasteiger partial charge in [0.15, 0.2) is 0 Å². The van der Waals surface area contributed by atoms with Crippen LogP contribution in [0.4, 0.5) is 0 Å². The van der Waals surface area contributed by atoms with E-state index in [-0.39, 0.29) is 16.8 Å². The molecule has 0 heterocycles. The average molecular weight is 231 g/mol. The molecular weight excluding hydrogens is 211 g/mol. The van der Waals surface area contributed by atoms with E-state index in [0.717, 1.165) is 6.42 Å². The first-order valence-electron chi connectivity index (χ1n) is 4.99. The second-order valence-electron chi connectivity index (χ2n) is 3.27. The van der Waals surface area contributed by atoms with Crippen molar-refractivity contribution < 1.29 is 26.7 Å². The van der Waals surface area contributed by atoms with Crippen molar-refractivity contribution in [2.75, 3.05) is 0 Å². The van der Waals surface area contributed by atoms with Gasteiger partial charge in [-0.1, -0.05) is 45.4 Å². The van der Waals surface area contributed by atoms with Gasteiger partial charge in [0.25, 0.3) is 0 Å². The minimum atomic E-state index is -0.711. The zero-order valence-corrected chi connectivity index (χ0v) is 9.39. The van der Waals surface area contributed by atoms with E-state index in [1.165, 1.54) is 38.5 Å². The summed E-state index contributed by atoms with van der Waals surface area (Å²) in [5.74, 6) is -0.711. The molecule has 0 aromatic carbocycles. The Morgan fingerprint density at radius 3 is 1.46 bits per heavy atom. The Balaban J connectivity index is 0. The van der Waals surface area contributed by atoms with Crippen LogP contribution in [0.25, 0.3) is 0 Å². The molecule has 1 N–H and O–H groups in total. The summed E-state index contributed by atoms with van der Waals surface area (Å²) in [6, 6.07) is 0. The Morgan fingerprint density at radius 2 is 1.38 bits per heavy atom. The zero-order valence-electron chi connectivity index (χ0n) is 8.35. The minimum absolute atomic E-state index is 0. The maximum absolute atomic E-state index is 9.60. The topological polar surface area (TPSA) is 37.3 Å². The molecule has 0 aromatic heterocycles. The predicted octanol–water partition coefficient (Wildman–Crippen LogP) is 3.21. The zero-order chi connectivity index (χ0) is 9.23. The molecule has 0 spiro atoms. The summed E-state index contributed by atoms with van der Waals surface area (Å²) >= 11 is 0. The molecule has 81 valence electrons. The summed E-state index contributed by atoms with van der Waals surface area (Å²) in [5.41, 5.74) is 0. The van der Waals surface area contributed by atoms with Gasteiger partial charge in [0.2, 0.25) is 0 Å². The molecule has 1 saturated carbocycles. The van der Waals surface area contributed by atoms with Gasteiger partial charge >= 0.3 is 5.97 Å². The van der Waals surface area contributed by atoms with Crippen LogP contribution >= 0.6 is 0 Å². The molecule has 2 nitrogen and oxygen atoms in total. The van der Waals surface area contributed by atoms with Gasteiger partial charge < -0.3 is 5.11 Å². The molecule has 1 rings (SSSR count). The summed E-state index contributed by atoms with van der Waals surface area (Å²) in [7, 11) is 0. The number of aliphatic carboxylic acids is 1. The van der Waals surface area contributed by atoms with Crippen molar-refractivity contribution in [1.82, 2.24) is 0 Å². The molecule has 0 amide bonds. The summed E-state index contributed by atoms with van der Waals surface area (Å²) < 4.78 is 0. The molecule has 3 heteroatoms. The van der Waals surface area contributed by atoms with Crippen molar-refractivity contribution in [3.05, 3.63) is 0 Å². The maximum Gasteiger partial charge on any atom is 0.303 e.